The molecular weight excluding hydrogens is 485 g/mol. The van der Waals surface area contributed by atoms with Gasteiger partial charge in [-0.15, -0.1) is 24.0 Å². The molecule has 160 valence electrons. The summed E-state index contributed by atoms with van der Waals surface area (Å²) in [7, 11) is 0. The molecule has 1 atom stereocenters. The number of carbonyl (C=O) groups excluding carboxylic acids is 1. The maximum absolute atomic E-state index is 12.0. The molecule has 0 saturated heterocycles. The van der Waals surface area contributed by atoms with Crippen LogP contribution in [0.2, 0.25) is 0 Å². The monoisotopic (exact) mass is 515 g/mol. The summed E-state index contributed by atoms with van der Waals surface area (Å²) in [4.78, 5) is 21.1. The molecule has 1 amide bonds. The van der Waals surface area contributed by atoms with Crippen molar-refractivity contribution in [2.24, 2.45) is 4.99 Å². The summed E-state index contributed by atoms with van der Waals surface area (Å²) in [5.41, 5.74) is 0.840. The van der Waals surface area contributed by atoms with E-state index in [9.17, 15) is 4.79 Å². The molecule has 1 aliphatic heterocycles. The minimum atomic E-state index is -0.183. The molecule has 2 aromatic heterocycles. The lowest BCUT2D eigenvalue weighted by Crippen LogP contribution is -2.47. The fraction of sp³-hybridized carbons (Fsp3) is 0.579. The number of rotatable bonds is 7. The largest absolute Gasteiger partial charge is 0.459 e. The first kappa shape index (κ1) is 23.2. The number of halogens is 1. The Morgan fingerprint density at radius 1 is 1.38 bits per heavy atom. The maximum Gasteiger partial charge on any atom is 0.287 e. The lowest BCUT2D eigenvalue weighted by atomic mass is 10.1. The van der Waals surface area contributed by atoms with Crippen LogP contribution in [0.4, 0.5) is 0 Å². The van der Waals surface area contributed by atoms with Gasteiger partial charge in [-0.3, -0.25) is 9.79 Å². The van der Waals surface area contributed by atoms with Crippen molar-refractivity contribution in [2.45, 2.75) is 52.6 Å². The molecule has 0 saturated carbocycles. The average molecular weight is 515 g/mol. The van der Waals surface area contributed by atoms with Gasteiger partial charge in [0.15, 0.2) is 11.7 Å². The van der Waals surface area contributed by atoms with E-state index in [-0.39, 0.29) is 35.9 Å². The predicted octanol–water partition coefficient (Wildman–Crippen LogP) is 1.80. The number of guanidine groups is 1. The number of nitrogens with one attached hydrogen (secondary N) is 3. The van der Waals surface area contributed by atoms with Gasteiger partial charge in [-0.2, -0.15) is 5.10 Å². The average Bonchev–Trinajstić information content (AvgIpc) is 3.25. The zero-order valence-electron chi connectivity index (χ0n) is 17.2. The number of hydrogen-bond acceptors (Lipinski definition) is 5. The maximum atomic E-state index is 12.0. The highest BCUT2D eigenvalue weighted by molar-refractivity contribution is 14.0. The zero-order chi connectivity index (χ0) is 19.9. The lowest BCUT2D eigenvalue weighted by molar-refractivity contribution is 0.0925. The van der Waals surface area contributed by atoms with Crippen molar-refractivity contribution in [3.8, 4) is 0 Å². The highest BCUT2D eigenvalue weighted by atomic mass is 127. The van der Waals surface area contributed by atoms with Crippen molar-refractivity contribution in [3.63, 3.8) is 0 Å². The number of fused-ring (bicyclic) bond motifs is 1. The summed E-state index contributed by atoms with van der Waals surface area (Å²) in [6.07, 6.45) is 4.19. The van der Waals surface area contributed by atoms with Gasteiger partial charge in [0.2, 0.25) is 0 Å². The van der Waals surface area contributed by atoms with Gasteiger partial charge in [-0.1, -0.05) is 0 Å². The van der Waals surface area contributed by atoms with Crippen LogP contribution in [0.3, 0.4) is 0 Å². The topological polar surface area (TPSA) is 109 Å². The summed E-state index contributed by atoms with van der Waals surface area (Å²) in [6, 6.07) is 2.05. The molecule has 10 heteroatoms. The van der Waals surface area contributed by atoms with Crippen molar-refractivity contribution in [1.82, 2.24) is 30.7 Å². The van der Waals surface area contributed by atoms with Crippen LogP contribution in [0.5, 0.6) is 0 Å². The second-order valence-electron chi connectivity index (χ2n) is 6.94. The van der Waals surface area contributed by atoms with Crippen LogP contribution in [0.15, 0.2) is 21.7 Å². The minimum Gasteiger partial charge on any atom is -0.459 e. The fourth-order valence-corrected chi connectivity index (χ4v) is 3.22. The molecule has 1 unspecified atom stereocenters. The Hall–Kier alpha value is -2.11. The van der Waals surface area contributed by atoms with E-state index < -0.39 is 0 Å². The summed E-state index contributed by atoms with van der Waals surface area (Å²) in [6.45, 7) is 8.57. The Bertz CT molecular complexity index is 830. The molecule has 0 fully saturated rings. The van der Waals surface area contributed by atoms with Gasteiger partial charge in [0, 0.05) is 37.7 Å². The number of hydrogen-bond donors (Lipinski definition) is 3. The number of aryl methyl sites for hydroxylation is 3. The third-order valence-corrected chi connectivity index (χ3v) is 4.61. The molecule has 0 bridgehead atoms. The Balaban J connectivity index is 0.00000300. The minimum absolute atomic E-state index is 0. The number of furan rings is 1. The molecule has 3 rings (SSSR count). The first-order valence-electron chi connectivity index (χ1n) is 9.84. The molecule has 0 aliphatic carbocycles. The van der Waals surface area contributed by atoms with Crippen LogP contribution in [0.1, 0.15) is 47.5 Å². The smallest absolute Gasteiger partial charge is 0.287 e. The number of aromatic nitrogens is 3. The van der Waals surface area contributed by atoms with E-state index in [0.29, 0.717) is 18.8 Å². The van der Waals surface area contributed by atoms with Gasteiger partial charge in [0.1, 0.15) is 11.6 Å². The standard InChI is InChI=1S/C19H29N7O2.HI/c1-4-20-19(24-15-6-7-16-23-14(3)25-26(16)12-15)22-10-5-9-21-18(27)17-13(2)8-11-28-17;/h8,11,15H,4-7,9-10,12H2,1-3H3,(H,21,27)(H2,20,22,24);1H. The molecule has 9 nitrogen and oxygen atoms in total. The van der Waals surface area contributed by atoms with E-state index in [4.69, 9.17) is 4.42 Å². The molecule has 0 aromatic carbocycles. The molecule has 2 aromatic rings. The Morgan fingerprint density at radius 2 is 2.21 bits per heavy atom. The van der Waals surface area contributed by atoms with Gasteiger partial charge in [0.05, 0.1) is 12.8 Å². The second-order valence-corrected chi connectivity index (χ2v) is 6.94. The number of amides is 1. The van der Waals surface area contributed by atoms with Crippen molar-refractivity contribution < 1.29 is 9.21 Å². The fourth-order valence-electron chi connectivity index (χ4n) is 3.22. The summed E-state index contributed by atoms with van der Waals surface area (Å²) >= 11 is 0. The highest BCUT2D eigenvalue weighted by Gasteiger charge is 2.21. The first-order valence-corrected chi connectivity index (χ1v) is 9.84. The van der Waals surface area contributed by atoms with Crippen LogP contribution in [-0.4, -0.2) is 52.3 Å². The number of nitrogens with zero attached hydrogens (tertiary/aromatic N) is 4. The molecular formula is C19H30IN7O2. The molecule has 29 heavy (non-hydrogen) atoms. The normalized spacial score (nSPS) is 16.0. The van der Waals surface area contributed by atoms with E-state index in [1.165, 1.54) is 6.26 Å². The molecule has 3 N–H and O–H groups in total. The number of carbonyl (C=O) groups is 1. The molecule has 0 radical (unpaired) electrons. The summed E-state index contributed by atoms with van der Waals surface area (Å²) < 4.78 is 7.17. The van der Waals surface area contributed by atoms with E-state index in [1.807, 2.05) is 25.5 Å². The van der Waals surface area contributed by atoms with Crippen LogP contribution < -0.4 is 16.0 Å². The van der Waals surface area contributed by atoms with Crippen molar-refractivity contribution in [1.29, 1.82) is 0 Å². The lowest BCUT2D eigenvalue weighted by Gasteiger charge is -2.25. The van der Waals surface area contributed by atoms with E-state index >= 15 is 0 Å². The van der Waals surface area contributed by atoms with E-state index in [1.54, 1.807) is 6.07 Å². The van der Waals surface area contributed by atoms with Crippen LogP contribution in [-0.2, 0) is 13.0 Å². The predicted molar refractivity (Wildman–Crippen MR) is 122 cm³/mol. The third kappa shape index (κ3) is 6.44. The summed E-state index contributed by atoms with van der Waals surface area (Å²) in [5.74, 6) is 2.86. The highest BCUT2D eigenvalue weighted by Crippen LogP contribution is 2.12. The molecule has 3 heterocycles. The van der Waals surface area contributed by atoms with E-state index in [2.05, 4.69) is 31.0 Å². The van der Waals surface area contributed by atoms with Crippen molar-refractivity contribution in [2.75, 3.05) is 19.6 Å². The van der Waals surface area contributed by atoms with Crippen molar-refractivity contribution >= 4 is 35.8 Å². The van der Waals surface area contributed by atoms with Crippen LogP contribution >= 0.6 is 24.0 Å². The first-order chi connectivity index (χ1) is 13.6. The van der Waals surface area contributed by atoms with Crippen molar-refractivity contribution in [3.05, 3.63) is 35.3 Å². The van der Waals surface area contributed by atoms with Crippen LogP contribution in [0.25, 0.3) is 0 Å². The van der Waals surface area contributed by atoms with Gasteiger partial charge < -0.3 is 20.4 Å². The zero-order valence-corrected chi connectivity index (χ0v) is 19.5. The van der Waals surface area contributed by atoms with Crippen LogP contribution in [0, 0.1) is 13.8 Å². The summed E-state index contributed by atoms with van der Waals surface area (Å²) in [5, 5.41) is 14.1. The van der Waals surface area contributed by atoms with E-state index in [0.717, 1.165) is 55.5 Å². The Labute approximate surface area is 188 Å². The Kier molecular flexibility index (Phi) is 8.93. The number of aliphatic imine (C=N–C) groups is 1. The molecule has 1 aliphatic rings. The molecule has 0 spiro atoms. The Morgan fingerprint density at radius 3 is 2.93 bits per heavy atom. The van der Waals surface area contributed by atoms with Gasteiger partial charge in [-0.25, -0.2) is 9.67 Å². The SMILES string of the molecule is CCNC(=NCCCNC(=O)c1occc1C)NC1CCc2nc(C)nn2C1.I. The second kappa shape index (κ2) is 11.2. The van der Waals surface area contributed by atoms with Gasteiger partial charge in [-0.05, 0) is 39.7 Å². The third-order valence-electron chi connectivity index (χ3n) is 4.61. The van der Waals surface area contributed by atoms with Gasteiger partial charge in [0.25, 0.3) is 5.91 Å². The quantitative estimate of drug-likeness (QED) is 0.225. The van der Waals surface area contributed by atoms with Gasteiger partial charge >= 0.3 is 0 Å².